The number of hydrogen-bond donors (Lipinski definition) is 0. The van der Waals surface area contributed by atoms with Gasteiger partial charge in [0.2, 0.25) is 0 Å². The van der Waals surface area contributed by atoms with Crippen molar-refractivity contribution in [2.45, 2.75) is 57.3 Å². The maximum Gasteiger partial charge on any atom is 0.193 e. The van der Waals surface area contributed by atoms with E-state index in [1.807, 2.05) is 12.1 Å². The number of hydrogen-bond acceptors (Lipinski definition) is 2. The SMILES string of the molecule is CC(C)(C)[Si](C)(C)OC1(c2ccc(Br)o2)CC1. The summed E-state index contributed by atoms with van der Waals surface area (Å²) in [5.74, 6) is 0.981. The summed E-state index contributed by atoms with van der Waals surface area (Å²) in [6, 6.07) is 3.98. The minimum absolute atomic E-state index is 0.130. The first-order valence-electron chi connectivity index (χ1n) is 6.12. The Kier molecular flexibility index (Phi) is 3.12. The molecular formula is C13H21BrO2Si. The molecule has 0 radical (unpaired) electrons. The molecule has 0 saturated heterocycles. The highest BCUT2D eigenvalue weighted by Crippen LogP contribution is 2.54. The maximum absolute atomic E-state index is 6.52. The van der Waals surface area contributed by atoms with Crippen molar-refractivity contribution in [3.63, 3.8) is 0 Å². The van der Waals surface area contributed by atoms with Crippen LogP contribution in [0, 0.1) is 0 Å². The first-order valence-corrected chi connectivity index (χ1v) is 9.82. The monoisotopic (exact) mass is 316 g/mol. The first kappa shape index (κ1) is 13.4. The van der Waals surface area contributed by atoms with Crippen molar-refractivity contribution >= 4 is 24.2 Å². The average molecular weight is 317 g/mol. The topological polar surface area (TPSA) is 22.4 Å². The van der Waals surface area contributed by atoms with Gasteiger partial charge in [-0.2, -0.15) is 0 Å². The Hall–Kier alpha value is -0.0631. The van der Waals surface area contributed by atoms with E-state index in [4.69, 9.17) is 8.84 Å². The van der Waals surface area contributed by atoms with E-state index in [0.717, 1.165) is 23.3 Å². The molecule has 0 amide bonds. The smallest absolute Gasteiger partial charge is 0.193 e. The molecule has 2 nitrogen and oxygen atoms in total. The molecule has 1 fully saturated rings. The van der Waals surface area contributed by atoms with Gasteiger partial charge in [-0.3, -0.25) is 0 Å². The second kappa shape index (κ2) is 3.97. The van der Waals surface area contributed by atoms with E-state index in [0.29, 0.717) is 0 Å². The summed E-state index contributed by atoms with van der Waals surface area (Å²) < 4.78 is 13.0. The van der Waals surface area contributed by atoms with E-state index in [2.05, 4.69) is 49.8 Å². The molecule has 1 saturated carbocycles. The summed E-state index contributed by atoms with van der Waals surface area (Å²) in [4.78, 5) is 0. The molecular weight excluding hydrogens is 296 g/mol. The van der Waals surface area contributed by atoms with Gasteiger partial charge in [0.25, 0.3) is 0 Å². The highest BCUT2D eigenvalue weighted by molar-refractivity contribution is 9.10. The zero-order chi connectivity index (χ0) is 12.9. The van der Waals surface area contributed by atoms with Crippen LogP contribution in [-0.4, -0.2) is 8.32 Å². The van der Waals surface area contributed by atoms with Crippen LogP contribution >= 0.6 is 15.9 Å². The van der Waals surface area contributed by atoms with Crippen molar-refractivity contribution in [2.24, 2.45) is 0 Å². The van der Waals surface area contributed by atoms with Gasteiger partial charge in [-0.25, -0.2) is 0 Å². The molecule has 1 aromatic rings. The van der Waals surface area contributed by atoms with Crippen molar-refractivity contribution in [2.75, 3.05) is 0 Å². The summed E-state index contributed by atoms with van der Waals surface area (Å²) >= 11 is 3.36. The minimum atomic E-state index is -1.73. The molecule has 0 bridgehead atoms. The Morgan fingerprint density at radius 1 is 1.29 bits per heavy atom. The van der Waals surface area contributed by atoms with Gasteiger partial charge in [0.05, 0.1) is 0 Å². The zero-order valence-electron chi connectivity index (χ0n) is 11.3. The molecule has 0 aromatic carbocycles. The predicted molar refractivity (Wildman–Crippen MR) is 75.6 cm³/mol. The first-order chi connectivity index (χ1) is 7.66. The molecule has 1 aromatic heterocycles. The molecule has 1 heterocycles. The molecule has 4 heteroatoms. The fourth-order valence-electron chi connectivity index (χ4n) is 1.71. The van der Waals surface area contributed by atoms with Crippen LogP contribution in [0.4, 0.5) is 0 Å². The Morgan fingerprint density at radius 3 is 2.24 bits per heavy atom. The van der Waals surface area contributed by atoms with Crippen LogP contribution in [-0.2, 0) is 10.0 Å². The molecule has 0 unspecified atom stereocenters. The quantitative estimate of drug-likeness (QED) is 0.728. The highest BCUT2D eigenvalue weighted by Gasteiger charge is 2.54. The van der Waals surface area contributed by atoms with E-state index >= 15 is 0 Å². The molecule has 0 atom stereocenters. The highest BCUT2D eigenvalue weighted by atomic mass is 79.9. The Morgan fingerprint density at radius 2 is 1.88 bits per heavy atom. The third-order valence-corrected chi connectivity index (χ3v) is 8.92. The standard InChI is InChI=1S/C13H21BrO2Si/c1-12(2,3)17(4,5)16-13(8-9-13)10-6-7-11(14)15-10/h6-7H,8-9H2,1-5H3. The van der Waals surface area contributed by atoms with Gasteiger partial charge < -0.3 is 8.84 Å². The zero-order valence-corrected chi connectivity index (χ0v) is 13.8. The lowest BCUT2D eigenvalue weighted by atomic mass is 10.2. The van der Waals surface area contributed by atoms with Crippen LogP contribution in [0.25, 0.3) is 0 Å². The normalized spacial score (nSPS) is 19.4. The van der Waals surface area contributed by atoms with E-state index < -0.39 is 8.32 Å². The van der Waals surface area contributed by atoms with Crippen molar-refractivity contribution < 1.29 is 8.84 Å². The van der Waals surface area contributed by atoms with Gasteiger partial charge in [-0.05, 0) is 59.0 Å². The largest absolute Gasteiger partial charge is 0.451 e. The van der Waals surface area contributed by atoms with Crippen LogP contribution in [0.15, 0.2) is 21.2 Å². The fourth-order valence-corrected chi connectivity index (χ4v) is 3.61. The van der Waals surface area contributed by atoms with Gasteiger partial charge in [-0.15, -0.1) is 0 Å². The summed E-state index contributed by atoms with van der Waals surface area (Å²) in [5, 5.41) is 0.242. The van der Waals surface area contributed by atoms with Gasteiger partial charge in [0, 0.05) is 0 Å². The van der Waals surface area contributed by atoms with Crippen LogP contribution in [0.2, 0.25) is 18.1 Å². The fraction of sp³-hybridized carbons (Fsp3) is 0.692. The summed E-state index contributed by atoms with van der Waals surface area (Å²) in [7, 11) is -1.73. The second-order valence-electron chi connectivity index (χ2n) is 6.46. The van der Waals surface area contributed by atoms with E-state index in [1.54, 1.807) is 0 Å². The molecule has 0 N–H and O–H groups in total. The van der Waals surface area contributed by atoms with E-state index in [1.165, 1.54) is 0 Å². The van der Waals surface area contributed by atoms with Crippen molar-refractivity contribution in [1.29, 1.82) is 0 Å². The van der Waals surface area contributed by atoms with E-state index in [9.17, 15) is 0 Å². The summed E-state index contributed by atoms with van der Waals surface area (Å²) in [5.41, 5.74) is -0.130. The van der Waals surface area contributed by atoms with Gasteiger partial charge in [-0.1, -0.05) is 20.8 Å². The third-order valence-electron chi connectivity index (χ3n) is 3.98. The van der Waals surface area contributed by atoms with E-state index in [-0.39, 0.29) is 10.6 Å². The number of halogens is 1. The Bertz CT molecular complexity index is 413. The molecule has 1 aliphatic carbocycles. The molecule has 17 heavy (non-hydrogen) atoms. The minimum Gasteiger partial charge on any atom is -0.451 e. The van der Waals surface area contributed by atoms with Gasteiger partial charge >= 0.3 is 0 Å². The Labute approximate surface area is 113 Å². The maximum atomic E-state index is 6.52. The molecule has 2 rings (SSSR count). The lowest BCUT2D eigenvalue weighted by Crippen LogP contribution is -2.43. The van der Waals surface area contributed by atoms with Crippen LogP contribution in [0.3, 0.4) is 0 Å². The van der Waals surface area contributed by atoms with Gasteiger partial charge in [0.1, 0.15) is 11.4 Å². The average Bonchev–Trinajstić information content (AvgIpc) is 2.77. The molecule has 96 valence electrons. The number of furan rings is 1. The van der Waals surface area contributed by atoms with Crippen molar-refractivity contribution in [3.05, 3.63) is 22.6 Å². The van der Waals surface area contributed by atoms with Crippen LogP contribution in [0.5, 0.6) is 0 Å². The van der Waals surface area contributed by atoms with Crippen LogP contribution in [0.1, 0.15) is 39.4 Å². The third kappa shape index (κ3) is 2.54. The molecule has 0 spiro atoms. The summed E-state index contributed by atoms with van der Waals surface area (Å²) in [6.45, 7) is 11.4. The predicted octanol–water partition coefficient (Wildman–Crippen LogP) is 5.05. The van der Waals surface area contributed by atoms with Gasteiger partial charge in [0.15, 0.2) is 13.0 Å². The lowest BCUT2D eigenvalue weighted by molar-refractivity contribution is 0.131. The van der Waals surface area contributed by atoms with Crippen molar-refractivity contribution in [1.82, 2.24) is 0 Å². The Balaban J connectivity index is 2.19. The lowest BCUT2D eigenvalue weighted by Gasteiger charge is -2.39. The molecule has 1 aliphatic rings. The number of rotatable bonds is 3. The van der Waals surface area contributed by atoms with Crippen LogP contribution < -0.4 is 0 Å². The van der Waals surface area contributed by atoms with Crippen molar-refractivity contribution in [3.8, 4) is 0 Å². The summed E-state index contributed by atoms with van der Waals surface area (Å²) in [6.07, 6.45) is 2.17. The molecule has 0 aliphatic heterocycles. The second-order valence-corrected chi connectivity index (χ2v) is 12.0.